The molecule has 15 heteroatoms. The Bertz CT molecular complexity index is 776. The molecule has 0 unspecified atom stereocenters. The Morgan fingerprint density at radius 3 is 0.531 bits per heavy atom. The highest BCUT2D eigenvalue weighted by atomic mass is 35.7. The summed E-state index contributed by atoms with van der Waals surface area (Å²) in [5.41, 5.74) is 0. The van der Waals surface area contributed by atoms with Gasteiger partial charge in [0.2, 0.25) is 0 Å². The van der Waals surface area contributed by atoms with Crippen LogP contribution in [0.2, 0.25) is 60.4 Å². The van der Waals surface area contributed by atoms with Gasteiger partial charge in [-0.15, -0.1) is 111 Å². The molecule has 0 rings (SSSR count). The highest BCUT2D eigenvalue weighted by Gasteiger charge is 2.31. The summed E-state index contributed by atoms with van der Waals surface area (Å²) in [6, 6.07) is 9.95. The van der Waals surface area contributed by atoms with Crippen LogP contribution >= 0.6 is 111 Å². The zero-order valence-electron chi connectivity index (χ0n) is 30.9. The molecule has 49 heavy (non-hydrogen) atoms. The largest absolute Gasteiger partial charge is 0.251 e. The van der Waals surface area contributed by atoms with E-state index in [4.69, 9.17) is 111 Å². The van der Waals surface area contributed by atoms with Crippen LogP contribution in [-0.4, -0.2) is 33.5 Å². The van der Waals surface area contributed by atoms with Crippen molar-refractivity contribution in [3.8, 4) is 0 Å². The average molecular weight is 974 g/mol. The van der Waals surface area contributed by atoms with E-state index >= 15 is 0 Å². The van der Waals surface area contributed by atoms with E-state index in [9.17, 15) is 0 Å². The minimum Gasteiger partial charge on any atom is -0.146 e. The van der Waals surface area contributed by atoms with Crippen molar-refractivity contribution in [1.29, 1.82) is 0 Å². The van der Waals surface area contributed by atoms with Crippen LogP contribution in [0.15, 0.2) is 0 Å². The molecular formula is C34H70Cl10Si5. The predicted molar refractivity (Wildman–Crippen MR) is 248 cm³/mol. The second kappa shape index (κ2) is 31.0. The molecule has 0 saturated carbocycles. The van der Waals surface area contributed by atoms with Gasteiger partial charge in [0.05, 0.1) is 0 Å². The SMILES string of the molecule is CCCCCCC[Si](Cl)(Cl)CCCCCC[Si](Cl)(Cl)CCCCCC[Si](Cl)(Cl)CCCCCC[Si](Cl)(Cl)CCCCCC[Si](Cl)(Cl)CCC. The molecule has 0 bridgehead atoms. The summed E-state index contributed by atoms with van der Waals surface area (Å²) in [6.07, 6.45) is 25.7. The fourth-order valence-corrected chi connectivity index (χ4v) is 23.7. The van der Waals surface area contributed by atoms with Crippen molar-refractivity contribution in [3.63, 3.8) is 0 Å². The van der Waals surface area contributed by atoms with Gasteiger partial charge in [0.15, 0.2) is 0 Å². The second-order valence-corrected chi connectivity index (χ2v) is 53.0. The molecule has 0 aliphatic heterocycles. The molecule has 0 N–H and O–H groups in total. The summed E-state index contributed by atoms with van der Waals surface area (Å²) in [4.78, 5) is 0. The van der Waals surface area contributed by atoms with Gasteiger partial charge in [-0.2, -0.15) is 0 Å². The van der Waals surface area contributed by atoms with E-state index in [0.29, 0.717) is 0 Å². The van der Waals surface area contributed by atoms with Gasteiger partial charge in [0.25, 0.3) is 33.5 Å². The van der Waals surface area contributed by atoms with Gasteiger partial charge in [0, 0.05) is 0 Å². The zero-order valence-corrected chi connectivity index (χ0v) is 43.5. The van der Waals surface area contributed by atoms with Crippen molar-refractivity contribution >= 4 is 144 Å². The lowest BCUT2D eigenvalue weighted by molar-refractivity contribution is 0.652. The van der Waals surface area contributed by atoms with Gasteiger partial charge in [-0.3, -0.25) is 0 Å². The van der Waals surface area contributed by atoms with Gasteiger partial charge in [-0.1, -0.05) is 155 Å². The standard InChI is InChI=1S/C34H70Cl10Si5/c1-3-5-6-7-16-27-46(37,38)28-19-10-11-20-31-48(41,42)32-23-14-15-24-34-49(43,44)33-22-13-12-21-30-47(39,40)29-18-9-8-17-26-45(35,36)25-4-2/h3-34H2,1-2H3. The molecule has 0 aromatic rings. The van der Waals surface area contributed by atoms with Crippen molar-refractivity contribution in [3.05, 3.63) is 0 Å². The first-order valence-electron chi connectivity index (χ1n) is 19.8. The van der Waals surface area contributed by atoms with Crippen molar-refractivity contribution < 1.29 is 0 Å². The molecule has 0 nitrogen and oxygen atoms in total. The Kier molecular flexibility index (Phi) is 33.6. The Hall–Kier alpha value is 3.98. The van der Waals surface area contributed by atoms with E-state index < -0.39 is 33.5 Å². The third-order valence-electron chi connectivity index (χ3n) is 9.60. The molecule has 0 spiro atoms. The highest BCUT2D eigenvalue weighted by Crippen LogP contribution is 2.36. The third kappa shape index (κ3) is 36.1. The summed E-state index contributed by atoms with van der Waals surface area (Å²) < 4.78 is 0. The van der Waals surface area contributed by atoms with Gasteiger partial charge in [-0.05, 0) is 60.4 Å². The number of unbranched alkanes of at least 4 members (excludes halogenated alkanes) is 16. The Morgan fingerprint density at radius 2 is 0.367 bits per heavy atom. The first kappa shape index (κ1) is 53.0. The van der Waals surface area contributed by atoms with E-state index in [1.165, 1.54) is 57.8 Å². The van der Waals surface area contributed by atoms with Crippen LogP contribution in [0.3, 0.4) is 0 Å². The first-order valence-corrected chi connectivity index (χ1v) is 42.0. The smallest absolute Gasteiger partial charge is 0.146 e. The fourth-order valence-electron chi connectivity index (χ4n) is 6.46. The Labute approximate surface area is 356 Å². The number of halogens is 10. The molecular weight excluding hydrogens is 903 g/mol. The van der Waals surface area contributed by atoms with Gasteiger partial charge < -0.3 is 0 Å². The molecule has 0 aliphatic rings. The monoisotopic (exact) mass is 968 g/mol. The molecule has 0 amide bonds. The molecule has 0 radical (unpaired) electrons. The van der Waals surface area contributed by atoms with Crippen LogP contribution in [-0.2, 0) is 0 Å². The van der Waals surface area contributed by atoms with Crippen LogP contribution in [0.25, 0.3) is 0 Å². The third-order valence-corrected chi connectivity index (χ3v) is 31.9. The van der Waals surface area contributed by atoms with Crippen molar-refractivity contribution in [2.24, 2.45) is 0 Å². The van der Waals surface area contributed by atoms with Crippen molar-refractivity contribution in [2.75, 3.05) is 0 Å². The van der Waals surface area contributed by atoms with Crippen LogP contribution in [0.1, 0.15) is 155 Å². The van der Waals surface area contributed by atoms with Gasteiger partial charge in [0.1, 0.15) is 0 Å². The number of rotatable bonds is 36. The minimum absolute atomic E-state index is 0.977. The summed E-state index contributed by atoms with van der Waals surface area (Å²) in [5, 5.41) is 0. The van der Waals surface area contributed by atoms with E-state index in [1.807, 2.05) is 0 Å². The first-order chi connectivity index (χ1) is 22.9. The lowest BCUT2D eigenvalue weighted by Crippen LogP contribution is -2.19. The van der Waals surface area contributed by atoms with Gasteiger partial charge >= 0.3 is 0 Å². The van der Waals surface area contributed by atoms with Crippen molar-refractivity contribution in [2.45, 2.75) is 216 Å². The van der Waals surface area contributed by atoms with E-state index in [2.05, 4.69) is 13.8 Å². The summed E-state index contributed by atoms with van der Waals surface area (Å²) >= 11 is 67.0. The normalized spacial score (nSPS) is 13.5. The minimum atomic E-state index is -2.17. The fraction of sp³-hybridized carbons (Fsp3) is 1.00. The maximum atomic E-state index is 6.81. The van der Waals surface area contributed by atoms with Gasteiger partial charge in [-0.25, -0.2) is 0 Å². The maximum Gasteiger partial charge on any atom is 0.251 e. The molecule has 0 fully saturated rings. The summed E-state index contributed by atoms with van der Waals surface area (Å²) in [6.45, 7) is -6.11. The van der Waals surface area contributed by atoms with E-state index in [0.717, 1.165) is 144 Å². The molecule has 0 heterocycles. The topological polar surface area (TPSA) is 0 Å². The molecule has 0 aromatic carbocycles. The Morgan fingerprint density at radius 1 is 0.204 bits per heavy atom. The zero-order chi connectivity index (χ0) is 37.1. The predicted octanol–water partition coefficient (Wildman–Crippen LogP) is 19.2. The summed E-state index contributed by atoms with van der Waals surface area (Å²) in [7, 11) is 0. The van der Waals surface area contributed by atoms with E-state index in [-0.39, 0.29) is 0 Å². The molecule has 296 valence electrons. The Balaban J connectivity index is 3.81. The second-order valence-electron chi connectivity index (χ2n) is 14.9. The van der Waals surface area contributed by atoms with Crippen LogP contribution in [0, 0.1) is 0 Å². The molecule has 0 aromatic heterocycles. The maximum absolute atomic E-state index is 6.81. The van der Waals surface area contributed by atoms with Crippen LogP contribution < -0.4 is 0 Å². The number of hydrogen-bond acceptors (Lipinski definition) is 0. The lowest BCUT2D eigenvalue weighted by atomic mass is 10.2. The van der Waals surface area contributed by atoms with Crippen LogP contribution in [0.4, 0.5) is 0 Å². The average Bonchev–Trinajstić information content (AvgIpc) is 3.00. The molecule has 0 atom stereocenters. The molecule has 0 aliphatic carbocycles. The van der Waals surface area contributed by atoms with Crippen molar-refractivity contribution in [1.82, 2.24) is 0 Å². The van der Waals surface area contributed by atoms with E-state index in [1.54, 1.807) is 0 Å². The quantitative estimate of drug-likeness (QED) is 0.0333. The van der Waals surface area contributed by atoms with Crippen LogP contribution in [0.5, 0.6) is 0 Å². The molecule has 0 saturated heterocycles. The highest BCUT2D eigenvalue weighted by molar-refractivity contribution is 7.47. The summed E-state index contributed by atoms with van der Waals surface area (Å²) in [5.74, 6) is 0. The number of hydrogen-bond donors (Lipinski definition) is 0. The lowest BCUT2D eigenvalue weighted by Gasteiger charge is -2.19.